The highest BCUT2D eigenvalue weighted by molar-refractivity contribution is 7.11. The zero-order valence-corrected chi connectivity index (χ0v) is 19.2. The van der Waals surface area contributed by atoms with E-state index in [1.54, 1.807) is 0 Å². The summed E-state index contributed by atoms with van der Waals surface area (Å²) in [4.78, 5) is 12.9. The molecule has 1 atom stereocenters. The van der Waals surface area contributed by atoms with Crippen molar-refractivity contribution in [2.75, 3.05) is 14.2 Å². The average molecular weight is 443 g/mol. The molecule has 1 unspecified atom stereocenters. The molecule has 0 radical (unpaired) electrons. The largest absolute Gasteiger partial charge is 0.493 e. The van der Waals surface area contributed by atoms with Crippen LogP contribution in [0.3, 0.4) is 0 Å². The maximum absolute atomic E-state index is 12.9. The second-order valence-corrected chi connectivity index (χ2v) is 11.8. The van der Waals surface area contributed by atoms with Crippen LogP contribution in [0, 0.1) is 0 Å². The summed E-state index contributed by atoms with van der Waals surface area (Å²) in [6.07, 6.45) is 0. The number of rotatable bonds is 8. The van der Waals surface area contributed by atoms with Gasteiger partial charge in [0, 0.05) is 0 Å². The molecule has 3 aromatic rings. The Balaban J connectivity index is 1.93. The summed E-state index contributed by atoms with van der Waals surface area (Å²) in [6.45, 7) is 4.22. The minimum atomic E-state index is -2.71. The van der Waals surface area contributed by atoms with Crippen LogP contribution in [0.1, 0.15) is 0 Å². The van der Waals surface area contributed by atoms with E-state index in [-0.39, 0.29) is 11.5 Å². The van der Waals surface area contributed by atoms with E-state index in [0.717, 1.165) is 0 Å². The minimum Gasteiger partial charge on any atom is -0.493 e. The molecule has 0 bridgehead atoms. The van der Waals surface area contributed by atoms with Gasteiger partial charge in [-0.05, 0) is 27.2 Å². The molecule has 4 rings (SSSR count). The fraction of sp³-hybridized carbons (Fsp3) is 0.148. The fourth-order valence-electron chi connectivity index (χ4n) is 4.64. The number of methoxy groups -OCH3 is 2. The summed E-state index contributed by atoms with van der Waals surface area (Å²) in [6, 6.07) is 31.3. The summed E-state index contributed by atoms with van der Waals surface area (Å²) in [7, 11) is 0.106. The van der Waals surface area contributed by atoms with Crippen molar-refractivity contribution in [3.63, 3.8) is 0 Å². The maximum Gasteiger partial charge on any atom is 0.244 e. The summed E-state index contributed by atoms with van der Waals surface area (Å²) in [5.74, 6) is -0.353. The smallest absolute Gasteiger partial charge is 0.244 e. The van der Waals surface area contributed by atoms with Gasteiger partial charge in [0.15, 0.2) is 13.8 Å². The fourth-order valence-corrected chi connectivity index (χ4v) is 9.43. The van der Waals surface area contributed by atoms with E-state index in [4.69, 9.17) is 9.47 Å². The minimum absolute atomic E-state index is 0.0440. The number of carbonyl (C=O) groups is 1. The monoisotopic (exact) mass is 442 g/mol. The van der Waals surface area contributed by atoms with Crippen molar-refractivity contribution in [2.45, 2.75) is 11.6 Å². The lowest BCUT2D eigenvalue weighted by molar-refractivity contribution is -0.140. The molecule has 32 heavy (non-hydrogen) atoms. The van der Waals surface area contributed by atoms with Gasteiger partial charge in [-0.3, -0.25) is 4.79 Å². The van der Waals surface area contributed by atoms with E-state index in [1.165, 1.54) is 29.8 Å². The van der Waals surface area contributed by atoms with Crippen LogP contribution in [0.2, 0.25) is 6.04 Å². The highest BCUT2D eigenvalue weighted by atomic mass is 28.3. The lowest BCUT2D eigenvalue weighted by atomic mass is 9.78. The number of benzene rings is 3. The van der Waals surface area contributed by atoms with E-state index in [2.05, 4.69) is 43.0 Å². The van der Waals surface area contributed by atoms with Crippen LogP contribution in [-0.4, -0.2) is 38.8 Å². The quantitative estimate of drug-likeness (QED) is 0.331. The summed E-state index contributed by atoms with van der Waals surface area (Å²) in [5, 5.41) is 14.9. The van der Waals surface area contributed by atoms with Gasteiger partial charge in [0.25, 0.3) is 0 Å². The van der Waals surface area contributed by atoms with Gasteiger partial charge in [-0.25, -0.2) is 0 Å². The summed E-state index contributed by atoms with van der Waals surface area (Å²) in [5.41, 5.74) is -1.49. The second kappa shape index (κ2) is 8.61. The van der Waals surface area contributed by atoms with Crippen molar-refractivity contribution in [1.29, 1.82) is 0 Å². The molecule has 3 aromatic carbocycles. The van der Waals surface area contributed by atoms with Gasteiger partial charge in [-0.15, -0.1) is 0 Å². The molecule has 0 amide bonds. The Morgan fingerprint density at radius 2 is 1.22 bits per heavy atom. The first kappa shape index (κ1) is 21.8. The van der Waals surface area contributed by atoms with Crippen LogP contribution in [0.25, 0.3) is 0 Å². The topological polar surface area (TPSA) is 55.8 Å². The Hall–Kier alpha value is -3.41. The molecule has 1 aliphatic carbocycles. The van der Waals surface area contributed by atoms with E-state index in [1.807, 2.05) is 54.6 Å². The van der Waals surface area contributed by atoms with Gasteiger partial charge >= 0.3 is 0 Å². The first-order chi connectivity index (χ1) is 15.5. The summed E-state index contributed by atoms with van der Waals surface area (Å²) >= 11 is 0. The number of aliphatic hydroxyl groups is 1. The highest BCUT2D eigenvalue weighted by Gasteiger charge is 2.59. The van der Waals surface area contributed by atoms with Crippen LogP contribution in [0.5, 0.6) is 0 Å². The van der Waals surface area contributed by atoms with Gasteiger partial charge in [0.1, 0.15) is 0 Å². The molecule has 162 valence electrons. The van der Waals surface area contributed by atoms with Gasteiger partial charge in [-0.1, -0.05) is 97.6 Å². The number of carbonyl (C=O) groups excluding carboxylic acids is 1. The SMILES string of the molecule is C=C(C[Si](c1ccccc1)(c1ccccc1)c1ccccc1)C1(O)C(=O)C(OC)=C1OC. The molecular weight excluding hydrogens is 416 g/mol. The Morgan fingerprint density at radius 3 is 1.56 bits per heavy atom. The van der Waals surface area contributed by atoms with Gasteiger partial charge in [0.05, 0.1) is 14.2 Å². The first-order valence-corrected chi connectivity index (χ1v) is 12.7. The molecule has 5 heteroatoms. The maximum atomic E-state index is 12.9. The molecule has 0 fully saturated rings. The van der Waals surface area contributed by atoms with Crippen LogP contribution in [-0.2, 0) is 14.3 Å². The van der Waals surface area contributed by atoms with Crippen molar-refractivity contribution < 1.29 is 19.4 Å². The molecule has 0 saturated heterocycles. The first-order valence-electron chi connectivity index (χ1n) is 10.4. The normalized spacial score (nSPS) is 18.2. The van der Waals surface area contributed by atoms with Gasteiger partial charge in [-0.2, -0.15) is 0 Å². The number of Topliss-reactive ketones (excluding diaryl/α,β-unsaturated/α-hetero) is 1. The predicted octanol–water partition coefficient (Wildman–Crippen LogP) is 2.53. The molecule has 4 nitrogen and oxygen atoms in total. The van der Waals surface area contributed by atoms with Crippen LogP contribution in [0.4, 0.5) is 0 Å². The van der Waals surface area contributed by atoms with E-state index >= 15 is 0 Å². The van der Waals surface area contributed by atoms with E-state index < -0.39 is 19.5 Å². The molecular formula is C27H26O4Si. The van der Waals surface area contributed by atoms with Crippen molar-refractivity contribution in [1.82, 2.24) is 0 Å². The Morgan fingerprint density at radius 1 is 0.812 bits per heavy atom. The second-order valence-electron chi connectivity index (χ2n) is 7.89. The Kier molecular flexibility index (Phi) is 5.87. The van der Waals surface area contributed by atoms with E-state index in [9.17, 15) is 9.90 Å². The van der Waals surface area contributed by atoms with Crippen LogP contribution < -0.4 is 15.6 Å². The lowest BCUT2D eigenvalue weighted by Crippen LogP contribution is -2.68. The molecule has 1 N–H and O–H groups in total. The van der Waals surface area contributed by atoms with Crippen molar-refractivity contribution in [3.8, 4) is 0 Å². The van der Waals surface area contributed by atoms with Gasteiger partial charge < -0.3 is 14.6 Å². The van der Waals surface area contributed by atoms with Crippen LogP contribution in [0.15, 0.2) is 115 Å². The Labute approximate surface area is 189 Å². The standard InChI is InChI=1S/C27H26O4Si/c1-20(27(29)25(28)24(30-2)26(27)31-3)19-32(21-13-7-4-8-14-21,22-15-9-5-10-16-22)23-17-11-6-12-18-23/h4-18,29H,1,19H2,2-3H3. The molecule has 1 aliphatic rings. The molecule has 0 aliphatic heterocycles. The Bertz CT molecular complexity index is 1060. The lowest BCUT2D eigenvalue weighted by Gasteiger charge is -2.42. The zero-order valence-electron chi connectivity index (χ0n) is 18.2. The summed E-state index contributed by atoms with van der Waals surface area (Å²) < 4.78 is 10.5. The van der Waals surface area contributed by atoms with Crippen LogP contribution >= 0.6 is 0 Å². The van der Waals surface area contributed by atoms with Crippen molar-refractivity contribution in [3.05, 3.63) is 115 Å². The highest BCUT2D eigenvalue weighted by Crippen LogP contribution is 2.43. The third-order valence-corrected chi connectivity index (χ3v) is 11.2. The van der Waals surface area contributed by atoms with Gasteiger partial charge in [0.2, 0.25) is 17.1 Å². The molecule has 0 saturated carbocycles. The van der Waals surface area contributed by atoms with E-state index in [0.29, 0.717) is 11.6 Å². The third-order valence-electron chi connectivity index (χ3n) is 6.27. The van der Waals surface area contributed by atoms with Crippen molar-refractivity contribution >= 4 is 29.4 Å². The molecule has 0 aromatic heterocycles. The molecule has 0 spiro atoms. The third kappa shape index (κ3) is 3.21. The molecule has 0 heterocycles. The predicted molar refractivity (Wildman–Crippen MR) is 129 cm³/mol. The average Bonchev–Trinajstić information content (AvgIpc) is 2.86. The number of hydrogen-bond donors (Lipinski definition) is 1. The van der Waals surface area contributed by atoms with Crippen molar-refractivity contribution in [2.24, 2.45) is 0 Å². The zero-order chi connectivity index (χ0) is 22.8. The number of ether oxygens (including phenoxy) is 2. The number of hydrogen-bond acceptors (Lipinski definition) is 4. The number of ketones is 1.